The molecule has 3 heteroatoms. The first-order valence-electron chi connectivity index (χ1n) is 5.81. The van der Waals surface area contributed by atoms with Crippen LogP contribution in [-0.2, 0) is 5.75 Å². The van der Waals surface area contributed by atoms with E-state index in [9.17, 15) is 0 Å². The zero-order valence-electron chi connectivity index (χ0n) is 10.6. The average molecular weight is 259 g/mol. The number of nitrogen functional groups attached to an aromatic ring is 1. The largest absolute Gasteiger partial charge is 0.497 e. The number of ether oxygens (including phenoxy) is 1. The molecule has 2 rings (SSSR count). The van der Waals surface area contributed by atoms with Gasteiger partial charge in [-0.3, -0.25) is 0 Å². The first kappa shape index (κ1) is 12.8. The molecule has 18 heavy (non-hydrogen) atoms. The van der Waals surface area contributed by atoms with Crippen LogP contribution in [0.5, 0.6) is 5.75 Å². The molecule has 2 aromatic rings. The smallest absolute Gasteiger partial charge is 0.118 e. The molecule has 2 nitrogen and oxygen atoms in total. The Kier molecular flexibility index (Phi) is 4.15. The van der Waals surface area contributed by atoms with Crippen molar-refractivity contribution in [1.29, 1.82) is 0 Å². The van der Waals surface area contributed by atoms with Gasteiger partial charge in [0, 0.05) is 16.3 Å². The van der Waals surface area contributed by atoms with Crippen LogP contribution in [0, 0.1) is 6.92 Å². The minimum absolute atomic E-state index is 0.846. The summed E-state index contributed by atoms with van der Waals surface area (Å²) in [5.41, 5.74) is 9.31. The van der Waals surface area contributed by atoms with Gasteiger partial charge in [-0.1, -0.05) is 18.2 Å². The number of thioether (sulfide) groups is 1. The topological polar surface area (TPSA) is 35.2 Å². The second kappa shape index (κ2) is 5.83. The quantitative estimate of drug-likeness (QED) is 0.668. The number of benzene rings is 2. The molecule has 0 spiro atoms. The van der Waals surface area contributed by atoms with Gasteiger partial charge in [0.1, 0.15) is 5.75 Å². The number of hydrogen-bond acceptors (Lipinski definition) is 3. The third-order valence-corrected chi connectivity index (χ3v) is 3.86. The van der Waals surface area contributed by atoms with Crippen molar-refractivity contribution in [3.05, 3.63) is 53.6 Å². The molecule has 0 aliphatic heterocycles. The van der Waals surface area contributed by atoms with Crippen molar-refractivity contribution in [2.24, 2.45) is 0 Å². The van der Waals surface area contributed by atoms with Crippen LogP contribution in [0.3, 0.4) is 0 Å². The average Bonchev–Trinajstić information content (AvgIpc) is 2.40. The highest BCUT2D eigenvalue weighted by Crippen LogP contribution is 2.29. The highest BCUT2D eigenvalue weighted by molar-refractivity contribution is 7.98. The zero-order chi connectivity index (χ0) is 13.0. The molecule has 0 aliphatic rings. The molecule has 0 atom stereocenters. The first-order chi connectivity index (χ1) is 8.69. The van der Waals surface area contributed by atoms with E-state index in [1.54, 1.807) is 18.9 Å². The van der Waals surface area contributed by atoms with E-state index in [1.165, 1.54) is 11.1 Å². The molecular formula is C15H17NOS. The summed E-state index contributed by atoms with van der Waals surface area (Å²) in [6, 6.07) is 14.3. The van der Waals surface area contributed by atoms with Crippen LogP contribution in [0.25, 0.3) is 0 Å². The molecule has 0 aliphatic carbocycles. The number of anilines is 1. The zero-order valence-corrected chi connectivity index (χ0v) is 11.5. The highest BCUT2D eigenvalue weighted by Gasteiger charge is 2.01. The van der Waals surface area contributed by atoms with Crippen molar-refractivity contribution in [1.82, 2.24) is 0 Å². The number of aryl methyl sites for hydroxylation is 1. The maximum Gasteiger partial charge on any atom is 0.118 e. The van der Waals surface area contributed by atoms with Crippen LogP contribution in [0.2, 0.25) is 0 Å². The standard InChI is InChI=1S/C15H17NOS/c1-11-3-8-14(16)15(9-11)18-10-12-4-6-13(17-2)7-5-12/h3-9H,10,16H2,1-2H3. The maximum atomic E-state index is 5.96. The number of rotatable bonds is 4. The van der Waals surface area contributed by atoms with Gasteiger partial charge in [-0.15, -0.1) is 11.8 Å². The lowest BCUT2D eigenvalue weighted by Gasteiger charge is -2.07. The summed E-state index contributed by atoms with van der Waals surface area (Å²) in [5, 5.41) is 0. The molecule has 0 unspecified atom stereocenters. The Morgan fingerprint density at radius 1 is 1.11 bits per heavy atom. The molecule has 0 saturated heterocycles. The Morgan fingerprint density at radius 3 is 2.50 bits per heavy atom. The van der Waals surface area contributed by atoms with Crippen LogP contribution < -0.4 is 10.5 Å². The van der Waals surface area contributed by atoms with Crippen molar-refractivity contribution in [3.63, 3.8) is 0 Å². The molecule has 0 radical (unpaired) electrons. The fourth-order valence-corrected chi connectivity index (χ4v) is 2.67. The van der Waals surface area contributed by atoms with E-state index < -0.39 is 0 Å². The summed E-state index contributed by atoms with van der Waals surface area (Å²) in [7, 11) is 1.68. The molecule has 0 saturated carbocycles. The van der Waals surface area contributed by atoms with Gasteiger partial charge in [0.05, 0.1) is 7.11 Å². The third-order valence-electron chi connectivity index (χ3n) is 2.72. The third kappa shape index (κ3) is 3.20. The van der Waals surface area contributed by atoms with E-state index in [-0.39, 0.29) is 0 Å². The summed E-state index contributed by atoms with van der Waals surface area (Å²) in [5.74, 6) is 1.80. The van der Waals surface area contributed by atoms with Gasteiger partial charge in [-0.05, 0) is 42.3 Å². The van der Waals surface area contributed by atoms with Crippen molar-refractivity contribution < 1.29 is 4.74 Å². The molecule has 0 fully saturated rings. The lowest BCUT2D eigenvalue weighted by Crippen LogP contribution is -1.90. The predicted octanol–water partition coefficient (Wildman–Crippen LogP) is 3.88. The summed E-state index contributed by atoms with van der Waals surface area (Å²) >= 11 is 1.76. The van der Waals surface area contributed by atoms with E-state index in [0.717, 1.165) is 22.1 Å². The Hall–Kier alpha value is -1.61. The van der Waals surface area contributed by atoms with E-state index >= 15 is 0 Å². The second-order valence-corrected chi connectivity index (χ2v) is 5.20. The summed E-state index contributed by atoms with van der Waals surface area (Å²) in [4.78, 5) is 1.14. The van der Waals surface area contributed by atoms with Crippen LogP contribution in [-0.4, -0.2) is 7.11 Å². The highest BCUT2D eigenvalue weighted by atomic mass is 32.2. The molecule has 0 amide bonds. The normalized spacial score (nSPS) is 10.3. The SMILES string of the molecule is COc1ccc(CSc2cc(C)ccc2N)cc1. The van der Waals surface area contributed by atoms with E-state index in [0.29, 0.717) is 0 Å². The fourth-order valence-electron chi connectivity index (χ4n) is 1.65. The van der Waals surface area contributed by atoms with Gasteiger partial charge < -0.3 is 10.5 Å². The molecule has 0 heterocycles. The predicted molar refractivity (Wildman–Crippen MR) is 78.1 cm³/mol. The minimum Gasteiger partial charge on any atom is -0.497 e. The monoisotopic (exact) mass is 259 g/mol. The van der Waals surface area contributed by atoms with Crippen LogP contribution in [0.4, 0.5) is 5.69 Å². The van der Waals surface area contributed by atoms with E-state index in [4.69, 9.17) is 10.5 Å². The van der Waals surface area contributed by atoms with Gasteiger partial charge in [-0.25, -0.2) is 0 Å². The number of hydrogen-bond donors (Lipinski definition) is 1. The van der Waals surface area contributed by atoms with Gasteiger partial charge in [0.15, 0.2) is 0 Å². The van der Waals surface area contributed by atoms with Crippen molar-refractivity contribution in [2.45, 2.75) is 17.6 Å². The summed E-state index contributed by atoms with van der Waals surface area (Å²) < 4.78 is 5.14. The molecule has 2 aromatic carbocycles. The maximum absolute atomic E-state index is 5.96. The van der Waals surface area contributed by atoms with Gasteiger partial charge in [0.2, 0.25) is 0 Å². The Morgan fingerprint density at radius 2 is 1.83 bits per heavy atom. The Labute approximate surface area is 112 Å². The van der Waals surface area contributed by atoms with E-state index in [1.807, 2.05) is 24.3 Å². The number of methoxy groups -OCH3 is 1. The lowest BCUT2D eigenvalue weighted by molar-refractivity contribution is 0.414. The Bertz CT molecular complexity index is 523. The van der Waals surface area contributed by atoms with Gasteiger partial charge >= 0.3 is 0 Å². The van der Waals surface area contributed by atoms with Crippen LogP contribution in [0.1, 0.15) is 11.1 Å². The van der Waals surface area contributed by atoms with Crippen molar-refractivity contribution >= 4 is 17.4 Å². The summed E-state index contributed by atoms with van der Waals surface area (Å²) in [6.45, 7) is 2.08. The van der Waals surface area contributed by atoms with Crippen LogP contribution >= 0.6 is 11.8 Å². The fraction of sp³-hybridized carbons (Fsp3) is 0.200. The van der Waals surface area contributed by atoms with Gasteiger partial charge in [-0.2, -0.15) is 0 Å². The van der Waals surface area contributed by atoms with Crippen molar-refractivity contribution in [3.8, 4) is 5.75 Å². The van der Waals surface area contributed by atoms with Crippen molar-refractivity contribution in [2.75, 3.05) is 12.8 Å². The molecule has 2 N–H and O–H groups in total. The summed E-state index contributed by atoms with van der Waals surface area (Å²) in [6.07, 6.45) is 0. The van der Waals surface area contributed by atoms with E-state index in [2.05, 4.69) is 25.1 Å². The lowest BCUT2D eigenvalue weighted by atomic mass is 10.2. The molecule has 94 valence electrons. The molecule has 0 aromatic heterocycles. The number of nitrogens with two attached hydrogens (primary N) is 1. The Balaban J connectivity index is 2.04. The second-order valence-electron chi connectivity index (χ2n) is 4.18. The first-order valence-corrected chi connectivity index (χ1v) is 6.79. The minimum atomic E-state index is 0.846. The van der Waals surface area contributed by atoms with Crippen LogP contribution in [0.15, 0.2) is 47.4 Å². The molecule has 0 bridgehead atoms. The molecular weight excluding hydrogens is 242 g/mol. The van der Waals surface area contributed by atoms with Gasteiger partial charge in [0.25, 0.3) is 0 Å².